The minimum Gasteiger partial charge on any atom is -0.441 e. The van der Waals surface area contributed by atoms with Crippen LogP contribution in [-0.4, -0.2) is 46.7 Å². The molecule has 2 saturated heterocycles. The van der Waals surface area contributed by atoms with Crippen LogP contribution in [0.1, 0.15) is 31.2 Å². The molecule has 5 rings (SSSR count). The van der Waals surface area contributed by atoms with E-state index in [1.807, 2.05) is 24.1 Å². The van der Waals surface area contributed by atoms with Crippen molar-refractivity contribution in [3.8, 4) is 0 Å². The third-order valence-electron chi connectivity index (χ3n) is 6.95. The van der Waals surface area contributed by atoms with Crippen LogP contribution in [0.4, 0.5) is 14.9 Å². The summed E-state index contributed by atoms with van der Waals surface area (Å²) in [5.74, 6) is -0.201. The van der Waals surface area contributed by atoms with Crippen LogP contribution in [0.15, 0.2) is 54.7 Å². The predicted molar refractivity (Wildman–Crippen MR) is 125 cm³/mol. The SMILES string of the molecule is Cn1cc(CCC(=O)N2CCC[C@@]3(CC2)CN(c2ccc(F)cc2)C(=O)O3)c2ccccc21. The van der Waals surface area contributed by atoms with Crippen LogP contribution in [-0.2, 0) is 23.0 Å². The Morgan fingerprint density at radius 3 is 2.70 bits per heavy atom. The van der Waals surface area contributed by atoms with Crippen molar-refractivity contribution in [2.75, 3.05) is 24.5 Å². The second-order valence-electron chi connectivity index (χ2n) is 9.13. The minimum atomic E-state index is -0.601. The number of carbonyl (C=O) groups excluding carboxylic acids is 2. The Hall–Kier alpha value is -3.35. The first-order chi connectivity index (χ1) is 15.9. The average molecular weight is 450 g/mol. The smallest absolute Gasteiger partial charge is 0.415 e. The van der Waals surface area contributed by atoms with Crippen molar-refractivity contribution in [3.05, 3.63) is 66.1 Å². The molecule has 2 aliphatic rings. The van der Waals surface area contributed by atoms with Crippen LogP contribution in [0.3, 0.4) is 0 Å². The molecule has 2 amide bonds. The van der Waals surface area contributed by atoms with Crippen molar-refractivity contribution in [3.63, 3.8) is 0 Å². The molecule has 3 heterocycles. The maximum Gasteiger partial charge on any atom is 0.415 e. The van der Waals surface area contributed by atoms with E-state index in [1.165, 1.54) is 28.6 Å². The molecule has 7 heteroatoms. The second-order valence-corrected chi connectivity index (χ2v) is 9.13. The molecule has 33 heavy (non-hydrogen) atoms. The molecule has 3 aromatic rings. The van der Waals surface area contributed by atoms with E-state index in [-0.39, 0.29) is 11.7 Å². The van der Waals surface area contributed by atoms with E-state index in [2.05, 4.69) is 22.9 Å². The Morgan fingerprint density at radius 1 is 1.09 bits per heavy atom. The maximum atomic E-state index is 13.3. The van der Waals surface area contributed by atoms with Gasteiger partial charge in [0.05, 0.1) is 6.54 Å². The van der Waals surface area contributed by atoms with Gasteiger partial charge in [0.1, 0.15) is 11.4 Å². The minimum absolute atomic E-state index is 0.139. The molecule has 0 aliphatic carbocycles. The number of aromatic nitrogens is 1. The van der Waals surface area contributed by atoms with Crippen molar-refractivity contribution in [1.29, 1.82) is 0 Å². The van der Waals surface area contributed by atoms with Gasteiger partial charge >= 0.3 is 6.09 Å². The number of hydrogen-bond acceptors (Lipinski definition) is 3. The molecule has 2 fully saturated rings. The molecule has 1 atom stereocenters. The molecule has 2 aliphatic heterocycles. The van der Waals surface area contributed by atoms with Gasteiger partial charge in [-0.15, -0.1) is 0 Å². The third-order valence-corrected chi connectivity index (χ3v) is 6.95. The number of aryl methyl sites for hydroxylation is 2. The van der Waals surface area contributed by atoms with Crippen LogP contribution in [0, 0.1) is 5.82 Å². The zero-order valence-electron chi connectivity index (χ0n) is 18.8. The predicted octanol–water partition coefficient (Wildman–Crippen LogP) is 4.66. The molecule has 172 valence electrons. The van der Waals surface area contributed by atoms with E-state index in [0.717, 1.165) is 6.42 Å². The summed E-state index contributed by atoms with van der Waals surface area (Å²) < 4.78 is 21.2. The van der Waals surface area contributed by atoms with E-state index in [1.54, 1.807) is 17.0 Å². The molecular formula is C26H28FN3O3. The van der Waals surface area contributed by atoms with Gasteiger partial charge in [0.25, 0.3) is 0 Å². The van der Waals surface area contributed by atoms with Gasteiger partial charge in [-0.2, -0.15) is 0 Å². The van der Waals surface area contributed by atoms with Gasteiger partial charge in [-0.05, 0) is 55.2 Å². The quantitative estimate of drug-likeness (QED) is 0.582. The van der Waals surface area contributed by atoms with Crippen LogP contribution in [0.2, 0.25) is 0 Å². The fraction of sp³-hybridized carbons (Fsp3) is 0.385. The van der Waals surface area contributed by atoms with Crippen molar-refractivity contribution in [2.24, 2.45) is 7.05 Å². The molecule has 0 bridgehead atoms. The lowest BCUT2D eigenvalue weighted by Gasteiger charge is -2.25. The van der Waals surface area contributed by atoms with E-state index in [0.29, 0.717) is 51.0 Å². The number of halogens is 1. The monoisotopic (exact) mass is 449 g/mol. The molecule has 2 aromatic carbocycles. The summed E-state index contributed by atoms with van der Waals surface area (Å²) in [4.78, 5) is 29.1. The maximum absolute atomic E-state index is 13.3. The van der Waals surface area contributed by atoms with Crippen molar-refractivity contribution < 1.29 is 18.7 Å². The average Bonchev–Trinajstić information content (AvgIpc) is 3.22. The number of hydrogen-bond donors (Lipinski definition) is 0. The third kappa shape index (κ3) is 4.19. The lowest BCUT2D eigenvalue weighted by molar-refractivity contribution is -0.131. The molecule has 0 N–H and O–H groups in total. The Bertz CT molecular complexity index is 1190. The summed E-state index contributed by atoms with van der Waals surface area (Å²) in [6, 6.07) is 14.1. The van der Waals surface area contributed by atoms with Gasteiger partial charge in [-0.25, -0.2) is 9.18 Å². The van der Waals surface area contributed by atoms with Gasteiger partial charge < -0.3 is 14.2 Å². The van der Waals surface area contributed by atoms with Crippen LogP contribution < -0.4 is 4.90 Å². The highest BCUT2D eigenvalue weighted by atomic mass is 19.1. The Morgan fingerprint density at radius 2 is 1.88 bits per heavy atom. The van der Waals surface area contributed by atoms with Gasteiger partial charge in [-0.3, -0.25) is 9.69 Å². The summed E-state index contributed by atoms with van der Waals surface area (Å²) in [7, 11) is 2.03. The highest BCUT2D eigenvalue weighted by molar-refractivity contribution is 5.90. The molecule has 0 saturated carbocycles. The van der Waals surface area contributed by atoms with Crippen molar-refractivity contribution >= 4 is 28.6 Å². The van der Waals surface area contributed by atoms with E-state index in [9.17, 15) is 14.0 Å². The van der Waals surface area contributed by atoms with Gasteiger partial charge in [-0.1, -0.05) is 18.2 Å². The normalized spacial score (nSPS) is 21.0. The number of nitrogens with zero attached hydrogens (tertiary/aromatic N) is 3. The fourth-order valence-corrected chi connectivity index (χ4v) is 5.14. The molecule has 0 radical (unpaired) electrons. The summed E-state index contributed by atoms with van der Waals surface area (Å²) in [5.41, 5.74) is 2.39. The van der Waals surface area contributed by atoms with Crippen molar-refractivity contribution in [1.82, 2.24) is 9.47 Å². The standard InChI is InChI=1S/C26H28FN3O3/c1-28-17-19(22-5-2-3-6-23(22)28)7-12-24(31)29-15-4-13-26(14-16-29)18-30(25(32)33-26)21-10-8-20(27)9-11-21/h2-3,5-6,8-11,17H,4,7,12-16,18H2,1H3/t26-/m1/s1. The molecule has 0 unspecified atom stereocenters. The largest absolute Gasteiger partial charge is 0.441 e. The van der Waals surface area contributed by atoms with Gasteiger partial charge in [0, 0.05) is 55.8 Å². The van der Waals surface area contributed by atoms with Crippen LogP contribution in [0.25, 0.3) is 10.9 Å². The van der Waals surface area contributed by atoms with E-state index < -0.39 is 11.7 Å². The Labute approximate surface area is 192 Å². The van der Waals surface area contributed by atoms with Crippen molar-refractivity contribution in [2.45, 2.75) is 37.7 Å². The number of fused-ring (bicyclic) bond motifs is 1. The highest BCUT2D eigenvalue weighted by Gasteiger charge is 2.46. The zero-order valence-corrected chi connectivity index (χ0v) is 18.8. The number of likely N-dealkylation sites (tertiary alicyclic amines) is 1. The first kappa shape index (κ1) is 21.5. The van der Waals surface area contributed by atoms with Crippen LogP contribution >= 0.6 is 0 Å². The fourth-order valence-electron chi connectivity index (χ4n) is 5.14. The van der Waals surface area contributed by atoms with Gasteiger partial charge in [0.15, 0.2) is 0 Å². The van der Waals surface area contributed by atoms with E-state index in [4.69, 9.17) is 4.74 Å². The Balaban J connectivity index is 1.21. The Kier molecular flexibility index (Phi) is 5.56. The summed E-state index contributed by atoms with van der Waals surface area (Å²) in [6.45, 7) is 1.67. The highest BCUT2D eigenvalue weighted by Crippen LogP contribution is 2.36. The number of ether oxygens (including phenoxy) is 1. The number of para-hydroxylation sites is 1. The molecule has 1 spiro atoms. The molecule has 6 nitrogen and oxygen atoms in total. The number of benzene rings is 2. The number of amides is 2. The molecule has 1 aromatic heterocycles. The first-order valence-electron chi connectivity index (χ1n) is 11.5. The summed E-state index contributed by atoms with van der Waals surface area (Å²) in [5, 5.41) is 1.20. The van der Waals surface area contributed by atoms with E-state index >= 15 is 0 Å². The summed E-state index contributed by atoms with van der Waals surface area (Å²) in [6.07, 6.45) is 4.97. The summed E-state index contributed by atoms with van der Waals surface area (Å²) >= 11 is 0. The molecular weight excluding hydrogens is 421 g/mol. The zero-order chi connectivity index (χ0) is 23.0. The lowest BCUT2D eigenvalue weighted by atomic mass is 9.95. The number of carbonyl (C=O) groups is 2. The first-order valence-corrected chi connectivity index (χ1v) is 11.5. The van der Waals surface area contributed by atoms with Crippen LogP contribution in [0.5, 0.6) is 0 Å². The van der Waals surface area contributed by atoms with Gasteiger partial charge in [0.2, 0.25) is 5.91 Å². The second kappa shape index (κ2) is 8.54. The topological polar surface area (TPSA) is 54.8 Å². The number of rotatable bonds is 4. The number of anilines is 1. The lowest BCUT2D eigenvalue weighted by Crippen LogP contribution is -2.37.